The Labute approximate surface area is 291 Å². The third kappa shape index (κ3) is 10.2. The van der Waals surface area contributed by atoms with Gasteiger partial charge in [0.25, 0.3) is 0 Å². The van der Waals surface area contributed by atoms with E-state index in [-0.39, 0.29) is 25.4 Å². The van der Waals surface area contributed by atoms with Gasteiger partial charge in [0.05, 0.1) is 23.8 Å². The largest absolute Gasteiger partial charge is 0.459 e. The van der Waals surface area contributed by atoms with Gasteiger partial charge in [0.1, 0.15) is 43.2 Å². The molecule has 0 radical (unpaired) electrons. The van der Waals surface area contributed by atoms with E-state index in [4.69, 9.17) is 37.9 Å². The zero-order valence-corrected chi connectivity index (χ0v) is 28.5. The van der Waals surface area contributed by atoms with Crippen molar-refractivity contribution in [2.75, 3.05) is 33.5 Å². The molecule has 15 heteroatoms. The highest BCUT2D eigenvalue weighted by atomic mass is 16.8. The van der Waals surface area contributed by atoms with Crippen molar-refractivity contribution < 1.29 is 57.7 Å². The summed E-state index contributed by atoms with van der Waals surface area (Å²) in [6, 6.07) is 15.5. The molecule has 4 rings (SSSR count). The van der Waals surface area contributed by atoms with Gasteiger partial charge in [-0.15, -0.1) is 0 Å². The summed E-state index contributed by atoms with van der Waals surface area (Å²) in [7, 11) is 1.37. The molecule has 2 saturated heterocycles. The highest BCUT2D eigenvalue weighted by molar-refractivity contribution is 5.89. The van der Waals surface area contributed by atoms with E-state index >= 15 is 0 Å². The van der Waals surface area contributed by atoms with Crippen LogP contribution in [-0.4, -0.2) is 117 Å². The van der Waals surface area contributed by atoms with Gasteiger partial charge in [-0.3, -0.25) is 0 Å². The van der Waals surface area contributed by atoms with E-state index < -0.39 is 79.9 Å². The first-order valence-corrected chi connectivity index (χ1v) is 16.9. The lowest BCUT2D eigenvalue weighted by Crippen LogP contribution is -2.66. The van der Waals surface area contributed by atoms with E-state index in [2.05, 4.69) is 10.0 Å². The molecular weight excluding hydrogens is 654 g/mol. The van der Waals surface area contributed by atoms with Crippen molar-refractivity contribution in [2.24, 2.45) is 5.11 Å². The number of hydrogen-bond acceptors (Lipinski definition) is 13. The fraction of sp³-hybridized carbons (Fsp3) is 0.600. The highest BCUT2D eigenvalue weighted by Crippen LogP contribution is 2.34. The van der Waals surface area contributed by atoms with Crippen LogP contribution in [0.15, 0.2) is 65.8 Å². The van der Waals surface area contributed by atoms with Crippen LogP contribution < -0.4 is 0 Å². The van der Waals surface area contributed by atoms with Crippen LogP contribution in [0.4, 0.5) is 0 Å². The van der Waals surface area contributed by atoms with Gasteiger partial charge in [0.2, 0.25) is 0 Å². The first-order valence-electron chi connectivity index (χ1n) is 16.9. The number of hydrogen-bond donors (Lipinski definition) is 2. The second-order valence-electron chi connectivity index (χ2n) is 11.9. The summed E-state index contributed by atoms with van der Waals surface area (Å²) in [5.41, 5.74) is 10.0. The van der Waals surface area contributed by atoms with E-state index in [1.807, 2.05) is 13.8 Å². The Hall–Kier alpha value is -3.63. The number of carbonyl (C=O) groups is 2. The number of nitrogens with zero attached hydrogens (tertiary/aromatic N) is 3. The molecule has 4 unspecified atom stereocenters. The number of unbranched alkanes of at least 4 members (excludes halogenated alkanes) is 2. The van der Waals surface area contributed by atoms with Gasteiger partial charge in [-0.25, -0.2) is 9.59 Å². The Kier molecular flexibility index (Phi) is 15.9. The monoisotopic (exact) mass is 701 g/mol. The second-order valence-corrected chi connectivity index (χ2v) is 11.9. The zero-order chi connectivity index (χ0) is 35.9. The summed E-state index contributed by atoms with van der Waals surface area (Å²) in [5, 5.41) is 25.4. The normalized spacial score (nSPS) is 29.5. The number of esters is 2. The molecule has 2 aliphatic heterocycles. The van der Waals surface area contributed by atoms with Crippen LogP contribution in [0.3, 0.4) is 0 Å². The van der Waals surface area contributed by atoms with Crippen molar-refractivity contribution in [3.63, 3.8) is 0 Å². The van der Waals surface area contributed by atoms with Crippen LogP contribution in [0.1, 0.15) is 60.2 Å². The predicted molar refractivity (Wildman–Crippen MR) is 177 cm³/mol. The molecule has 0 aliphatic carbocycles. The number of carbonyl (C=O) groups excluding carboxylic acids is 2. The molecule has 0 spiro atoms. The minimum atomic E-state index is -1.47. The molecule has 0 amide bonds. The maximum Gasteiger partial charge on any atom is 0.338 e. The van der Waals surface area contributed by atoms with Gasteiger partial charge in [-0.2, -0.15) is 0 Å². The molecule has 0 aromatic heterocycles. The Bertz CT molecular complexity index is 1370. The van der Waals surface area contributed by atoms with Crippen molar-refractivity contribution in [3.8, 4) is 0 Å². The van der Waals surface area contributed by atoms with Crippen molar-refractivity contribution in [1.82, 2.24) is 0 Å². The number of aliphatic hydroxyl groups is 2. The van der Waals surface area contributed by atoms with E-state index in [1.54, 1.807) is 60.7 Å². The van der Waals surface area contributed by atoms with Gasteiger partial charge in [0.15, 0.2) is 18.7 Å². The number of ether oxygens (including phenoxy) is 8. The van der Waals surface area contributed by atoms with Crippen molar-refractivity contribution in [2.45, 2.75) is 101 Å². The molecule has 10 atom stereocenters. The molecule has 0 saturated carbocycles. The van der Waals surface area contributed by atoms with Crippen molar-refractivity contribution in [3.05, 3.63) is 82.2 Å². The summed E-state index contributed by atoms with van der Waals surface area (Å²) in [4.78, 5) is 29.4. The van der Waals surface area contributed by atoms with E-state index in [1.165, 1.54) is 7.11 Å². The molecule has 2 fully saturated rings. The number of rotatable bonds is 18. The van der Waals surface area contributed by atoms with E-state index in [0.717, 1.165) is 12.8 Å². The molecule has 2 aromatic carbocycles. The average molecular weight is 702 g/mol. The van der Waals surface area contributed by atoms with E-state index in [9.17, 15) is 25.3 Å². The van der Waals surface area contributed by atoms with Crippen LogP contribution in [0.5, 0.6) is 0 Å². The third-order valence-electron chi connectivity index (χ3n) is 8.38. The zero-order valence-electron chi connectivity index (χ0n) is 28.5. The van der Waals surface area contributed by atoms with Crippen molar-refractivity contribution >= 4 is 11.9 Å². The molecular formula is C35H47N3O12. The maximum atomic E-state index is 13.4. The Morgan fingerprint density at radius 3 is 1.96 bits per heavy atom. The van der Waals surface area contributed by atoms with Crippen LogP contribution in [0, 0.1) is 0 Å². The van der Waals surface area contributed by atoms with Crippen LogP contribution in [0.2, 0.25) is 0 Å². The van der Waals surface area contributed by atoms with Gasteiger partial charge in [-0.1, -0.05) is 68.2 Å². The number of aliphatic hydroxyl groups excluding tert-OH is 2. The summed E-state index contributed by atoms with van der Waals surface area (Å²) in [6.45, 7) is 3.44. The number of methoxy groups -OCH3 is 1. The molecule has 2 N–H and O–H groups in total. The lowest BCUT2D eigenvalue weighted by Gasteiger charge is -2.48. The summed E-state index contributed by atoms with van der Waals surface area (Å²) in [6.07, 6.45) is -8.16. The SMILES string of the molecule is CCCCO[C@H]1[C@H](O)C(CO)OC(O[C@@H]2C(COC(=O)c3ccccc3)O[C@H](OC)C(N=[N+]=[N-])[C@H]2OCCCC)[C@H]1OC(=O)c1ccccc1. The number of azide groups is 1. The smallest absolute Gasteiger partial charge is 0.338 e. The molecule has 2 aliphatic rings. The molecule has 50 heavy (non-hydrogen) atoms. The van der Waals surface area contributed by atoms with Gasteiger partial charge < -0.3 is 48.1 Å². The quantitative estimate of drug-likeness (QED) is 0.0747. The first kappa shape index (κ1) is 39.2. The summed E-state index contributed by atoms with van der Waals surface area (Å²) >= 11 is 0. The fourth-order valence-corrected chi connectivity index (χ4v) is 5.69. The highest BCUT2D eigenvalue weighted by Gasteiger charge is 2.54. The Morgan fingerprint density at radius 2 is 1.40 bits per heavy atom. The summed E-state index contributed by atoms with van der Waals surface area (Å²) in [5.74, 6) is -1.36. The van der Waals surface area contributed by atoms with Crippen LogP contribution in [0.25, 0.3) is 10.4 Å². The average Bonchev–Trinajstić information content (AvgIpc) is 3.14. The first-order chi connectivity index (χ1) is 24.4. The van der Waals surface area contributed by atoms with Crippen LogP contribution >= 0.6 is 0 Å². The van der Waals surface area contributed by atoms with Gasteiger partial charge >= 0.3 is 11.9 Å². The van der Waals surface area contributed by atoms with Crippen LogP contribution in [-0.2, 0) is 37.9 Å². The molecule has 274 valence electrons. The Balaban J connectivity index is 1.73. The minimum Gasteiger partial charge on any atom is -0.459 e. The van der Waals surface area contributed by atoms with Crippen molar-refractivity contribution in [1.29, 1.82) is 0 Å². The van der Waals surface area contributed by atoms with E-state index in [0.29, 0.717) is 18.4 Å². The molecule has 2 heterocycles. The fourth-order valence-electron chi connectivity index (χ4n) is 5.69. The molecule has 0 bridgehead atoms. The topological polar surface area (TPSA) is 197 Å². The standard InChI is InChI=1S/C35H47N3O12/c1-4-6-18-44-29-26(37-38-36)34(43-3)48-25(21-46-32(41)22-14-10-8-11-15-22)28(29)50-35-31(49-33(42)23-16-12-9-13-17-23)30(45-19-7-5-2)27(40)24(20-39)47-35/h8-17,24-31,34-35,39-40H,4-7,18-21H2,1-3H3/t24?,25?,26?,27-,28-,29-,30+,31+,34+,35?/m1/s1. The maximum absolute atomic E-state index is 13.4. The minimum absolute atomic E-state index is 0.213. The summed E-state index contributed by atoms with van der Waals surface area (Å²) < 4.78 is 48.3. The third-order valence-corrected chi connectivity index (χ3v) is 8.38. The second kappa shape index (κ2) is 20.3. The molecule has 15 nitrogen and oxygen atoms in total. The van der Waals surface area contributed by atoms with Gasteiger partial charge in [-0.05, 0) is 42.6 Å². The Morgan fingerprint density at radius 1 is 0.820 bits per heavy atom. The van der Waals surface area contributed by atoms with Gasteiger partial charge in [0, 0.05) is 25.2 Å². The predicted octanol–water partition coefficient (Wildman–Crippen LogP) is 3.95. The lowest BCUT2D eigenvalue weighted by atomic mass is 9.95. The lowest BCUT2D eigenvalue weighted by molar-refractivity contribution is -0.350. The molecule has 2 aromatic rings. The number of benzene rings is 2.